The van der Waals surface area contributed by atoms with Crippen LogP contribution in [0.4, 0.5) is 8.78 Å². The fourth-order valence-corrected chi connectivity index (χ4v) is 4.30. The Hall–Kier alpha value is -2.58. The van der Waals surface area contributed by atoms with E-state index in [4.69, 9.17) is 10.5 Å². The van der Waals surface area contributed by atoms with Gasteiger partial charge in [0.1, 0.15) is 34.9 Å². The van der Waals surface area contributed by atoms with E-state index in [0.717, 1.165) is 18.2 Å². The lowest BCUT2D eigenvalue weighted by Crippen LogP contribution is -2.45. The Kier molecular flexibility index (Phi) is 4.76. The quantitative estimate of drug-likeness (QED) is 0.762. The van der Waals surface area contributed by atoms with Crippen LogP contribution in [-0.2, 0) is 0 Å². The predicted molar refractivity (Wildman–Crippen MR) is 97.1 cm³/mol. The van der Waals surface area contributed by atoms with Gasteiger partial charge in [0, 0.05) is 43.2 Å². The van der Waals surface area contributed by atoms with Gasteiger partial charge in [-0.25, -0.2) is 13.8 Å². The molecule has 0 radical (unpaired) electrons. The Bertz CT molecular complexity index is 873. The van der Waals surface area contributed by atoms with Crippen LogP contribution >= 0.6 is 0 Å². The van der Waals surface area contributed by atoms with Crippen LogP contribution in [-0.4, -0.2) is 52.1 Å². The van der Waals surface area contributed by atoms with E-state index in [1.54, 1.807) is 0 Å². The molecule has 2 aliphatic rings. The molecule has 0 bridgehead atoms. The van der Waals surface area contributed by atoms with E-state index in [9.17, 15) is 18.7 Å². The van der Waals surface area contributed by atoms with Gasteiger partial charge >= 0.3 is 0 Å². The zero-order chi connectivity index (χ0) is 19.9. The number of pyridine rings is 1. The topological polar surface area (TPSA) is 88.7 Å². The molecule has 1 saturated carbocycles. The summed E-state index contributed by atoms with van der Waals surface area (Å²) in [5.74, 6) is -1.18. The zero-order valence-corrected chi connectivity index (χ0v) is 15.1. The van der Waals surface area contributed by atoms with Crippen molar-refractivity contribution in [2.24, 2.45) is 11.7 Å². The lowest BCUT2D eigenvalue weighted by atomic mass is 9.92. The first-order valence-electron chi connectivity index (χ1n) is 9.13. The first-order chi connectivity index (χ1) is 13.3. The molecule has 2 aromatic rings. The van der Waals surface area contributed by atoms with Crippen LogP contribution in [0.25, 0.3) is 0 Å². The van der Waals surface area contributed by atoms with Crippen LogP contribution in [0, 0.1) is 17.6 Å². The van der Waals surface area contributed by atoms with E-state index in [1.165, 1.54) is 18.3 Å². The molecule has 1 aromatic carbocycles. The molecule has 4 rings (SSSR count). The minimum atomic E-state index is -0.678. The number of ether oxygens (including phenoxy) is 1. The maximum absolute atomic E-state index is 13.3. The summed E-state index contributed by atoms with van der Waals surface area (Å²) in [6.07, 6.45) is 2.25. The molecule has 8 heteroatoms. The molecule has 2 fully saturated rings. The van der Waals surface area contributed by atoms with Crippen molar-refractivity contribution in [3.63, 3.8) is 0 Å². The summed E-state index contributed by atoms with van der Waals surface area (Å²) >= 11 is 0. The molecule has 2 heterocycles. The van der Waals surface area contributed by atoms with Crippen molar-refractivity contribution in [2.45, 2.75) is 24.5 Å². The van der Waals surface area contributed by atoms with Crippen molar-refractivity contribution in [1.82, 2.24) is 9.88 Å². The normalized spacial score (nSPS) is 27.0. The van der Waals surface area contributed by atoms with Crippen LogP contribution in [0.1, 0.15) is 23.3 Å². The summed E-state index contributed by atoms with van der Waals surface area (Å²) in [4.78, 5) is 18.3. The van der Waals surface area contributed by atoms with Gasteiger partial charge in [0.05, 0.1) is 12.7 Å². The van der Waals surface area contributed by atoms with Crippen LogP contribution < -0.4 is 10.5 Å². The summed E-state index contributed by atoms with van der Waals surface area (Å²) < 4.78 is 32.4. The van der Waals surface area contributed by atoms with Crippen molar-refractivity contribution in [2.75, 3.05) is 19.6 Å². The minimum Gasteiger partial charge on any atom is -0.506 e. The molecule has 28 heavy (non-hydrogen) atoms. The van der Waals surface area contributed by atoms with Gasteiger partial charge in [-0.1, -0.05) is 0 Å². The summed E-state index contributed by atoms with van der Waals surface area (Å²) in [5, 5.41) is 9.27. The molecule has 1 aliphatic heterocycles. The first kappa shape index (κ1) is 18.8. The molecule has 0 amide bonds. The number of fused-ring (bicyclic) bond motifs is 1. The number of nitrogens with two attached hydrogens (primary N) is 1. The molecular formula is C20H21F2N3O3. The molecular weight excluding hydrogens is 368 g/mol. The summed E-state index contributed by atoms with van der Waals surface area (Å²) in [5.41, 5.74) is 6.36. The highest BCUT2D eigenvalue weighted by atomic mass is 19.1. The van der Waals surface area contributed by atoms with E-state index < -0.39 is 17.2 Å². The van der Waals surface area contributed by atoms with Gasteiger partial charge in [-0.15, -0.1) is 0 Å². The molecule has 1 aliphatic carbocycles. The Morgan fingerprint density at radius 2 is 2.07 bits per heavy atom. The fraction of sp³-hybridized carbons (Fsp3) is 0.400. The van der Waals surface area contributed by atoms with E-state index in [-0.39, 0.29) is 35.8 Å². The predicted octanol–water partition coefficient (Wildman–Crippen LogP) is 2.12. The SMILES string of the molecule is N[C@@]12CC(Oc3cc(F)cc(F)c3)C[C@@H]1CN(CC(=O)c1ccc(O)cn1)C2. The highest BCUT2D eigenvalue weighted by molar-refractivity contribution is 5.95. The minimum absolute atomic E-state index is 0.0115. The van der Waals surface area contributed by atoms with E-state index in [1.807, 2.05) is 4.90 Å². The van der Waals surface area contributed by atoms with Gasteiger partial charge in [-0.05, 0) is 24.5 Å². The number of carbonyl (C=O) groups excluding carboxylic acids is 1. The number of likely N-dealkylation sites (tertiary alicyclic amines) is 1. The third kappa shape index (κ3) is 3.83. The smallest absolute Gasteiger partial charge is 0.195 e. The van der Waals surface area contributed by atoms with E-state index in [0.29, 0.717) is 31.6 Å². The van der Waals surface area contributed by atoms with Crippen molar-refractivity contribution in [1.29, 1.82) is 0 Å². The third-order valence-corrected chi connectivity index (χ3v) is 5.50. The molecule has 1 aromatic heterocycles. The number of rotatable bonds is 5. The summed E-state index contributed by atoms with van der Waals surface area (Å²) in [7, 11) is 0. The first-order valence-corrected chi connectivity index (χ1v) is 9.13. The number of benzene rings is 1. The maximum atomic E-state index is 13.3. The number of aromatic nitrogens is 1. The molecule has 1 saturated heterocycles. The Morgan fingerprint density at radius 1 is 1.32 bits per heavy atom. The number of aromatic hydroxyl groups is 1. The van der Waals surface area contributed by atoms with E-state index >= 15 is 0 Å². The third-order valence-electron chi connectivity index (χ3n) is 5.50. The van der Waals surface area contributed by atoms with Crippen molar-refractivity contribution < 1.29 is 23.4 Å². The zero-order valence-electron chi connectivity index (χ0n) is 15.1. The van der Waals surface area contributed by atoms with Gasteiger partial charge in [0.15, 0.2) is 5.78 Å². The lowest BCUT2D eigenvalue weighted by Gasteiger charge is -2.24. The number of ketones is 1. The lowest BCUT2D eigenvalue weighted by molar-refractivity contribution is 0.0930. The standard InChI is InChI=1S/C20H21F2N3O3/c21-13-4-14(22)6-16(5-13)28-17-3-12-9-25(11-20(12,23)7-17)10-19(27)18-2-1-15(26)8-24-18/h1-2,4-6,8,12,17,26H,3,7,9-11,23H2/t12-,17?,20-/m1/s1. The largest absolute Gasteiger partial charge is 0.506 e. The van der Waals surface area contributed by atoms with Gasteiger partial charge in [-0.3, -0.25) is 9.69 Å². The van der Waals surface area contributed by atoms with Gasteiger partial charge in [0.25, 0.3) is 0 Å². The fourth-order valence-electron chi connectivity index (χ4n) is 4.30. The Balaban J connectivity index is 1.35. The second-order valence-corrected chi connectivity index (χ2v) is 7.71. The number of halogens is 2. The van der Waals surface area contributed by atoms with Crippen molar-refractivity contribution in [3.05, 3.63) is 53.9 Å². The summed E-state index contributed by atoms with van der Waals surface area (Å²) in [6.45, 7) is 1.39. The molecule has 3 N–H and O–H groups in total. The van der Waals surface area contributed by atoms with Crippen LogP contribution in [0.2, 0.25) is 0 Å². The number of hydrogen-bond donors (Lipinski definition) is 2. The average molecular weight is 389 g/mol. The van der Waals surface area contributed by atoms with Crippen molar-refractivity contribution in [3.8, 4) is 11.5 Å². The molecule has 1 unspecified atom stereocenters. The van der Waals surface area contributed by atoms with Gasteiger partial charge < -0.3 is 15.6 Å². The van der Waals surface area contributed by atoms with Crippen LogP contribution in [0.15, 0.2) is 36.5 Å². The Morgan fingerprint density at radius 3 is 2.71 bits per heavy atom. The second kappa shape index (κ2) is 7.10. The average Bonchev–Trinajstić information content (AvgIpc) is 3.04. The summed E-state index contributed by atoms with van der Waals surface area (Å²) in [6, 6.07) is 6.06. The van der Waals surface area contributed by atoms with Crippen LogP contribution in [0.3, 0.4) is 0 Å². The number of carbonyl (C=O) groups is 1. The number of nitrogens with zero attached hydrogens (tertiary/aromatic N) is 2. The van der Waals surface area contributed by atoms with Gasteiger partial charge in [0.2, 0.25) is 0 Å². The van der Waals surface area contributed by atoms with Crippen LogP contribution in [0.5, 0.6) is 11.5 Å². The second-order valence-electron chi connectivity index (χ2n) is 7.71. The number of hydrogen-bond acceptors (Lipinski definition) is 6. The van der Waals surface area contributed by atoms with E-state index in [2.05, 4.69) is 4.98 Å². The highest BCUT2D eigenvalue weighted by Gasteiger charge is 2.51. The monoisotopic (exact) mass is 389 g/mol. The number of Topliss-reactive ketones (excluding diaryl/α,β-unsaturated/α-hetero) is 1. The van der Waals surface area contributed by atoms with Gasteiger partial charge in [-0.2, -0.15) is 0 Å². The molecule has 0 spiro atoms. The maximum Gasteiger partial charge on any atom is 0.195 e. The highest BCUT2D eigenvalue weighted by Crippen LogP contribution is 2.41. The molecule has 148 valence electrons. The molecule has 3 atom stereocenters. The van der Waals surface area contributed by atoms with Crippen molar-refractivity contribution >= 4 is 5.78 Å². The molecule has 6 nitrogen and oxygen atoms in total. The Labute approximate surface area is 160 Å².